The van der Waals surface area contributed by atoms with Crippen molar-refractivity contribution in [3.05, 3.63) is 38.3 Å². The minimum atomic E-state index is -0.398. The average Bonchev–Trinajstić information content (AvgIpc) is 3.09. The molecule has 1 aliphatic rings. The summed E-state index contributed by atoms with van der Waals surface area (Å²) in [7, 11) is 0. The molecule has 0 saturated heterocycles. The van der Waals surface area contributed by atoms with Gasteiger partial charge in [0.05, 0.1) is 4.92 Å². The van der Waals surface area contributed by atoms with Gasteiger partial charge in [-0.15, -0.1) is 0 Å². The summed E-state index contributed by atoms with van der Waals surface area (Å²) in [5, 5.41) is 23.1. The molecule has 0 bridgehead atoms. The predicted molar refractivity (Wildman–Crippen MR) is 71.3 cm³/mol. The molecule has 0 unspecified atom stereocenters. The molecule has 6 heteroatoms. The van der Waals surface area contributed by atoms with Crippen LogP contribution in [0.3, 0.4) is 0 Å². The van der Waals surface area contributed by atoms with Gasteiger partial charge in [0.25, 0.3) is 5.69 Å². The van der Waals surface area contributed by atoms with Crippen molar-refractivity contribution in [2.75, 3.05) is 13.2 Å². The van der Waals surface area contributed by atoms with Crippen molar-refractivity contribution in [3.63, 3.8) is 0 Å². The zero-order valence-corrected chi connectivity index (χ0v) is 11.4. The van der Waals surface area contributed by atoms with E-state index in [1.54, 1.807) is 6.07 Å². The van der Waals surface area contributed by atoms with E-state index >= 15 is 0 Å². The number of hydrogen-bond acceptors (Lipinski definition) is 4. The van der Waals surface area contributed by atoms with Gasteiger partial charge in [0, 0.05) is 41.7 Å². The smallest absolute Gasteiger partial charge is 0.270 e. The van der Waals surface area contributed by atoms with Crippen LogP contribution in [0.2, 0.25) is 0 Å². The highest BCUT2D eigenvalue weighted by Crippen LogP contribution is 2.44. The van der Waals surface area contributed by atoms with Crippen molar-refractivity contribution < 1.29 is 10.0 Å². The van der Waals surface area contributed by atoms with Crippen molar-refractivity contribution in [3.8, 4) is 0 Å². The van der Waals surface area contributed by atoms with E-state index in [-0.39, 0.29) is 17.7 Å². The number of benzene rings is 1. The molecule has 98 valence electrons. The van der Waals surface area contributed by atoms with Crippen molar-refractivity contribution in [2.45, 2.75) is 19.4 Å². The highest BCUT2D eigenvalue weighted by Gasteiger charge is 2.41. The lowest BCUT2D eigenvalue weighted by Crippen LogP contribution is -2.26. The predicted octanol–water partition coefficient (Wildman–Crippen LogP) is 2.22. The summed E-state index contributed by atoms with van der Waals surface area (Å²) in [5.74, 6) is 0. The number of nitrogens with one attached hydrogen (secondary N) is 1. The minimum Gasteiger partial charge on any atom is -0.396 e. The highest BCUT2D eigenvalue weighted by molar-refractivity contribution is 9.10. The number of nitrogens with zero attached hydrogens (tertiary/aromatic N) is 1. The van der Waals surface area contributed by atoms with Gasteiger partial charge in [0.15, 0.2) is 0 Å². The maximum absolute atomic E-state index is 10.7. The Kier molecular flexibility index (Phi) is 3.99. The van der Waals surface area contributed by atoms with Gasteiger partial charge in [-0.25, -0.2) is 0 Å². The fourth-order valence-corrected chi connectivity index (χ4v) is 2.41. The van der Waals surface area contributed by atoms with Crippen LogP contribution in [0.1, 0.15) is 18.4 Å². The van der Waals surface area contributed by atoms with Crippen LogP contribution in [-0.2, 0) is 6.54 Å². The van der Waals surface area contributed by atoms with Crippen LogP contribution in [0.4, 0.5) is 5.69 Å². The second kappa shape index (κ2) is 5.34. The third-order valence-electron chi connectivity index (χ3n) is 3.27. The summed E-state index contributed by atoms with van der Waals surface area (Å²) in [6, 6.07) is 4.91. The number of nitro benzene ring substituents is 1. The molecule has 1 aromatic carbocycles. The van der Waals surface area contributed by atoms with Gasteiger partial charge in [-0.1, -0.05) is 15.9 Å². The van der Waals surface area contributed by atoms with Crippen LogP contribution in [0, 0.1) is 15.5 Å². The summed E-state index contributed by atoms with van der Waals surface area (Å²) in [6.07, 6.45) is 2.10. The lowest BCUT2D eigenvalue weighted by atomic mass is 10.1. The molecule has 0 amide bonds. The monoisotopic (exact) mass is 314 g/mol. The van der Waals surface area contributed by atoms with Crippen molar-refractivity contribution in [2.24, 2.45) is 5.41 Å². The normalized spacial score (nSPS) is 16.6. The number of nitro groups is 1. The molecular formula is C12H15BrN2O3. The van der Waals surface area contributed by atoms with Gasteiger partial charge in [0.2, 0.25) is 0 Å². The van der Waals surface area contributed by atoms with E-state index in [2.05, 4.69) is 21.2 Å². The molecule has 0 heterocycles. The summed E-state index contributed by atoms with van der Waals surface area (Å²) >= 11 is 3.27. The number of aliphatic hydroxyl groups is 1. The molecule has 1 saturated carbocycles. The Morgan fingerprint density at radius 2 is 2.17 bits per heavy atom. The van der Waals surface area contributed by atoms with Crippen LogP contribution in [0.25, 0.3) is 0 Å². The number of halogens is 1. The molecule has 0 atom stereocenters. The minimum absolute atomic E-state index is 0.0535. The van der Waals surface area contributed by atoms with Crippen LogP contribution < -0.4 is 5.32 Å². The molecule has 0 aliphatic heterocycles. The largest absolute Gasteiger partial charge is 0.396 e. The molecule has 0 radical (unpaired) electrons. The van der Waals surface area contributed by atoms with Crippen LogP contribution >= 0.6 is 15.9 Å². The first-order valence-electron chi connectivity index (χ1n) is 5.80. The maximum Gasteiger partial charge on any atom is 0.270 e. The van der Waals surface area contributed by atoms with E-state index in [1.807, 2.05) is 6.07 Å². The number of aliphatic hydroxyl groups excluding tert-OH is 1. The van der Waals surface area contributed by atoms with E-state index < -0.39 is 4.92 Å². The maximum atomic E-state index is 10.7. The molecule has 1 aromatic rings. The summed E-state index contributed by atoms with van der Waals surface area (Å²) < 4.78 is 0.705. The van der Waals surface area contributed by atoms with E-state index in [9.17, 15) is 15.2 Å². The van der Waals surface area contributed by atoms with Gasteiger partial charge < -0.3 is 10.4 Å². The van der Waals surface area contributed by atoms with Crippen LogP contribution in [-0.4, -0.2) is 23.2 Å². The Balaban J connectivity index is 1.94. The van der Waals surface area contributed by atoms with E-state index in [0.717, 1.165) is 24.9 Å². The summed E-state index contributed by atoms with van der Waals surface area (Å²) in [4.78, 5) is 10.3. The Bertz CT molecular complexity index is 461. The van der Waals surface area contributed by atoms with E-state index in [4.69, 9.17) is 0 Å². The SMILES string of the molecule is O=[N+]([O-])c1cc(Br)cc(CNCC2(CO)CC2)c1. The first kappa shape index (κ1) is 13.5. The van der Waals surface area contributed by atoms with Crippen molar-refractivity contribution >= 4 is 21.6 Å². The van der Waals surface area contributed by atoms with E-state index in [0.29, 0.717) is 11.0 Å². The zero-order valence-electron chi connectivity index (χ0n) is 9.86. The Morgan fingerprint density at radius 1 is 1.44 bits per heavy atom. The summed E-state index contributed by atoms with van der Waals surface area (Å²) in [6.45, 7) is 1.53. The molecule has 18 heavy (non-hydrogen) atoms. The van der Waals surface area contributed by atoms with E-state index in [1.165, 1.54) is 6.07 Å². The second-order valence-electron chi connectivity index (χ2n) is 4.84. The molecule has 0 spiro atoms. The third kappa shape index (κ3) is 3.28. The Morgan fingerprint density at radius 3 is 2.72 bits per heavy atom. The van der Waals surface area contributed by atoms with Crippen molar-refractivity contribution in [1.29, 1.82) is 0 Å². The molecule has 5 nitrogen and oxygen atoms in total. The molecular weight excluding hydrogens is 300 g/mol. The number of rotatable bonds is 6. The first-order valence-corrected chi connectivity index (χ1v) is 6.59. The topological polar surface area (TPSA) is 75.4 Å². The van der Waals surface area contributed by atoms with Crippen LogP contribution in [0.15, 0.2) is 22.7 Å². The standard InChI is InChI=1S/C12H15BrN2O3/c13-10-3-9(4-11(5-10)15(17)18)6-14-7-12(8-16)1-2-12/h3-5,14,16H,1-2,6-8H2. The quantitative estimate of drug-likeness (QED) is 0.623. The lowest BCUT2D eigenvalue weighted by molar-refractivity contribution is -0.385. The lowest BCUT2D eigenvalue weighted by Gasteiger charge is -2.12. The molecule has 1 aliphatic carbocycles. The number of hydrogen-bond donors (Lipinski definition) is 2. The Hall–Kier alpha value is -0.980. The number of non-ortho nitro benzene ring substituents is 1. The third-order valence-corrected chi connectivity index (χ3v) is 3.73. The first-order chi connectivity index (χ1) is 8.54. The fraction of sp³-hybridized carbons (Fsp3) is 0.500. The molecule has 2 rings (SSSR count). The highest BCUT2D eigenvalue weighted by atomic mass is 79.9. The summed E-state index contributed by atoms with van der Waals surface area (Å²) in [5.41, 5.74) is 1.01. The zero-order chi connectivity index (χ0) is 13.2. The van der Waals surface area contributed by atoms with Gasteiger partial charge in [-0.3, -0.25) is 10.1 Å². The van der Waals surface area contributed by atoms with Gasteiger partial charge >= 0.3 is 0 Å². The molecule has 2 N–H and O–H groups in total. The molecule has 1 fully saturated rings. The average molecular weight is 315 g/mol. The Labute approximate surface area is 113 Å². The molecule has 0 aromatic heterocycles. The van der Waals surface area contributed by atoms with Gasteiger partial charge in [-0.05, 0) is 24.5 Å². The van der Waals surface area contributed by atoms with Crippen LogP contribution in [0.5, 0.6) is 0 Å². The second-order valence-corrected chi connectivity index (χ2v) is 5.75. The van der Waals surface area contributed by atoms with Gasteiger partial charge in [-0.2, -0.15) is 0 Å². The van der Waals surface area contributed by atoms with Gasteiger partial charge in [0.1, 0.15) is 0 Å². The fourth-order valence-electron chi connectivity index (χ4n) is 1.88. The van der Waals surface area contributed by atoms with Crippen molar-refractivity contribution in [1.82, 2.24) is 5.32 Å².